The summed E-state index contributed by atoms with van der Waals surface area (Å²) < 4.78 is 5.51. The van der Waals surface area contributed by atoms with E-state index in [1.165, 1.54) is 6.21 Å². The third kappa shape index (κ3) is 7.86. The van der Waals surface area contributed by atoms with Crippen molar-refractivity contribution in [3.05, 3.63) is 95.8 Å². The molecule has 1 aromatic heterocycles. The number of hydrogen-bond acceptors (Lipinski definition) is 6. The van der Waals surface area contributed by atoms with E-state index in [0.717, 1.165) is 11.1 Å². The molecule has 3 amide bonds. The van der Waals surface area contributed by atoms with E-state index in [-0.39, 0.29) is 25.1 Å². The van der Waals surface area contributed by atoms with Crippen LogP contribution in [0.2, 0.25) is 0 Å². The van der Waals surface area contributed by atoms with Crippen LogP contribution in [0.3, 0.4) is 0 Å². The fraction of sp³-hybridized carbons (Fsp3) is 0.160. The Bertz CT molecular complexity index is 1120. The Morgan fingerprint density at radius 2 is 1.76 bits per heavy atom. The topological polar surface area (TPSA) is 122 Å². The fourth-order valence-corrected chi connectivity index (χ4v) is 2.89. The first-order valence-electron chi connectivity index (χ1n) is 10.6. The van der Waals surface area contributed by atoms with Gasteiger partial charge in [-0.15, -0.1) is 0 Å². The minimum Gasteiger partial charge on any atom is -0.484 e. The normalized spacial score (nSPS) is 11.4. The van der Waals surface area contributed by atoms with Gasteiger partial charge < -0.3 is 15.4 Å². The van der Waals surface area contributed by atoms with E-state index in [2.05, 4.69) is 26.1 Å². The van der Waals surface area contributed by atoms with Crippen LogP contribution < -0.4 is 20.8 Å². The van der Waals surface area contributed by atoms with Crippen molar-refractivity contribution in [2.45, 2.75) is 19.5 Å². The minimum absolute atomic E-state index is 0.116. The zero-order valence-electron chi connectivity index (χ0n) is 18.6. The lowest BCUT2D eigenvalue weighted by molar-refractivity contribution is -0.139. The van der Waals surface area contributed by atoms with Crippen LogP contribution in [-0.2, 0) is 20.9 Å². The van der Waals surface area contributed by atoms with Crippen LogP contribution in [0.15, 0.2) is 84.2 Å². The molecule has 0 aliphatic carbocycles. The molecule has 9 nitrogen and oxygen atoms in total. The second-order valence-electron chi connectivity index (χ2n) is 7.30. The van der Waals surface area contributed by atoms with Crippen molar-refractivity contribution < 1.29 is 19.1 Å². The molecule has 1 heterocycles. The average molecular weight is 460 g/mol. The number of hydrogen-bond donors (Lipinski definition) is 3. The van der Waals surface area contributed by atoms with Crippen LogP contribution in [0.5, 0.6) is 5.75 Å². The van der Waals surface area contributed by atoms with E-state index in [0.29, 0.717) is 11.3 Å². The maximum absolute atomic E-state index is 12.1. The number of amides is 3. The Hall–Kier alpha value is -4.53. The highest BCUT2D eigenvalue weighted by Gasteiger charge is 2.12. The SMILES string of the molecule is C[C@@H](NC(=O)COc1ccc(/C=N\NC(=O)C(=O)NCc2cccnc2)cc1)c1ccccc1. The average Bonchev–Trinajstić information content (AvgIpc) is 2.87. The monoisotopic (exact) mass is 459 g/mol. The van der Waals surface area contributed by atoms with Crippen molar-refractivity contribution in [1.29, 1.82) is 0 Å². The summed E-state index contributed by atoms with van der Waals surface area (Å²) in [6, 6.07) is 19.8. The van der Waals surface area contributed by atoms with Gasteiger partial charge in [0.1, 0.15) is 5.75 Å². The first-order chi connectivity index (χ1) is 16.5. The predicted octanol–water partition coefficient (Wildman–Crippen LogP) is 2.10. The molecular formula is C25H25N5O4. The molecule has 0 fully saturated rings. The number of nitrogens with one attached hydrogen (secondary N) is 3. The van der Waals surface area contributed by atoms with Gasteiger partial charge in [-0.25, -0.2) is 5.43 Å². The molecule has 0 saturated heterocycles. The lowest BCUT2D eigenvalue weighted by atomic mass is 10.1. The maximum atomic E-state index is 12.1. The van der Waals surface area contributed by atoms with Crippen LogP contribution in [0.1, 0.15) is 29.7 Å². The standard InChI is InChI=1S/C25H25N5O4/c1-18(21-7-3-2-4-8-21)29-23(31)17-34-22-11-9-19(10-12-22)16-28-30-25(33)24(32)27-15-20-6-5-13-26-14-20/h2-14,16,18H,15,17H2,1H3,(H,27,32)(H,29,31)(H,30,33)/b28-16-/t18-/m1/s1. The summed E-state index contributed by atoms with van der Waals surface area (Å²) in [6.45, 7) is 1.98. The number of ether oxygens (including phenoxy) is 1. The van der Waals surface area contributed by atoms with E-state index in [1.807, 2.05) is 37.3 Å². The van der Waals surface area contributed by atoms with Gasteiger partial charge in [0.25, 0.3) is 5.91 Å². The van der Waals surface area contributed by atoms with Crippen LogP contribution in [0.25, 0.3) is 0 Å². The number of carbonyl (C=O) groups excluding carboxylic acids is 3. The fourth-order valence-electron chi connectivity index (χ4n) is 2.89. The lowest BCUT2D eigenvalue weighted by Crippen LogP contribution is -2.37. The summed E-state index contributed by atoms with van der Waals surface area (Å²) in [4.78, 5) is 39.7. The van der Waals surface area contributed by atoms with Crippen LogP contribution >= 0.6 is 0 Å². The molecule has 1 atom stereocenters. The van der Waals surface area contributed by atoms with Crippen LogP contribution in [-0.4, -0.2) is 35.5 Å². The third-order valence-electron chi connectivity index (χ3n) is 4.69. The molecule has 34 heavy (non-hydrogen) atoms. The zero-order chi connectivity index (χ0) is 24.2. The highest BCUT2D eigenvalue weighted by molar-refractivity contribution is 6.35. The number of hydrazone groups is 1. The Balaban J connectivity index is 1.38. The maximum Gasteiger partial charge on any atom is 0.329 e. The van der Waals surface area contributed by atoms with Gasteiger partial charge in [-0.05, 0) is 53.9 Å². The van der Waals surface area contributed by atoms with E-state index >= 15 is 0 Å². The summed E-state index contributed by atoms with van der Waals surface area (Å²) in [6.07, 6.45) is 4.61. The summed E-state index contributed by atoms with van der Waals surface area (Å²) in [5.41, 5.74) is 4.63. The van der Waals surface area contributed by atoms with Gasteiger partial charge in [-0.1, -0.05) is 36.4 Å². The van der Waals surface area contributed by atoms with Crippen LogP contribution in [0.4, 0.5) is 0 Å². The number of rotatable bonds is 9. The lowest BCUT2D eigenvalue weighted by Gasteiger charge is -2.14. The van der Waals surface area contributed by atoms with Crippen molar-refractivity contribution in [1.82, 2.24) is 21.0 Å². The Morgan fingerprint density at radius 3 is 2.47 bits per heavy atom. The van der Waals surface area contributed by atoms with Crippen molar-refractivity contribution in [2.24, 2.45) is 5.10 Å². The Morgan fingerprint density at radius 1 is 1.00 bits per heavy atom. The molecule has 0 unspecified atom stereocenters. The van der Waals surface area contributed by atoms with E-state index in [9.17, 15) is 14.4 Å². The molecule has 0 bridgehead atoms. The van der Waals surface area contributed by atoms with Gasteiger partial charge in [0.2, 0.25) is 0 Å². The van der Waals surface area contributed by atoms with Gasteiger partial charge in [0.15, 0.2) is 6.61 Å². The molecule has 9 heteroatoms. The van der Waals surface area contributed by atoms with Crippen LogP contribution in [0, 0.1) is 0 Å². The van der Waals surface area contributed by atoms with Crippen molar-refractivity contribution in [3.8, 4) is 5.75 Å². The van der Waals surface area contributed by atoms with E-state index < -0.39 is 11.8 Å². The van der Waals surface area contributed by atoms with Gasteiger partial charge in [0.05, 0.1) is 12.3 Å². The molecule has 0 aliphatic heterocycles. The summed E-state index contributed by atoms with van der Waals surface area (Å²) in [7, 11) is 0. The summed E-state index contributed by atoms with van der Waals surface area (Å²) >= 11 is 0. The van der Waals surface area contributed by atoms with Crippen molar-refractivity contribution in [2.75, 3.05) is 6.61 Å². The number of carbonyl (C=O) groups is 3. The van der Waals surface area contributed by atoms with Gasteiger partial charge in [-0.3, -0.25) is 19.4 Å². The molecular weight excluding hydrogens is 434 g/mol. The molecule has 3 N–H and O–H groups in total. The number of benzene rings is 2. The second-order valence-corrected chi connectivity index (χ2v) is 7.30. The highest BCUT2D eigenvalue weighted by Crippen LogP contribution is 2.13. The van der Waals surface area contributed by atoms with E-state index in [4.69, 9.17) is 4.74 Å². The molecule has 0 radical (unpaired) electrons. The number of aromatic nitrogens is 1. The molecule has 174 valence electrons. The summed E-state index contributed by atoms with van der Waals surface area (Å²) in [5.74, 6) is -1.40. The summed E-state index contributed by atoms with van der Waals surface area (Å²) in [5, 5.41) is 9.15. The van der Waals surface area contributed by atoms with Gasteiger partial charge >= 0.3 is 11.8 Å². The minimum atomic E-state index is -0.879. The van der Waals surface area contributed by atoms with Gasteiger partial charge in [-0.2, -0.15) is 5.10 Å². The van der Waals surface area contributed by atoms with Gasteiger partial charge in [0, 0.05) is 18.9 Å². The largest absolute Gasteiger partial charge is 0.484 e. The Labute approximate surface area is 197 Å². The first-order valence-corrected chi connectivity index (χ1v) is 10.6. The molecule has 3 rings (SSSR count). The smallest absolute Gasteiger partial charge is 0.329 e. The zero-order valence-corrected chi connectivity index (χ0v) is 18.6. The highest BCUT2D eigenvalue weighted by atomic mass is 16.5. The molecule has 0 saturated carbocycles. The second kappa shape index (κ2) is 12.5. The molecule has 3 aromatic rings. The quantitative estimate of drug-likeness (QED) is 0.257. The number of pyridine rings is 1. The van der Waals surface area contributed by atoms with Crippen molar-refractivity contribution >= 4 is 23.9 Å². The predicted molar refractivity (Wildman–Crippen MR) is 127 cm³/mol. The molecule has 0 spiro atoms. The van der Waals surface area contributed by atoms with Crippen molar-refractivity contribution in [3.63, 3.8) is 0 Å². The number of nitrogens with zero attached hydrogens (tertiary/aromatic N) is 2. The molecule has 0 aliphatic rings. The van der Waals surface area contributed by atoms with E-state index in [1.54, 1.807) is 48.8 Å². The Kier molecular flexibility index (Phi) is 8.86. The first kappa shape index (κ1) is 24.1. The molecule has 2 aromatic carbocycles. The third-order valence-corrected chi connectivity index (χ3v) is 4.69.